The van der Waals surface area contributed by atoms with Crippen LogP contribution in [-0.2, 0) is 30.4 Å². The molecular weight excluding hydrogens is 611 g/mol. The van der Waals surface area contributed by atoms with Crippen molar-refractivity contribution >= 4 is 29.6 Å². The number of carboxylic acid groups (broad SMARTS) is 1. The van der Waals surface area contributed by atoms with Crippen molar-refractivity contribution in [2.75, 3.05) is 13.6 Å². The second-order valence-corrected chi connectivity index (χ2v) is 11.1. The number of phenols is 1. The number of carboxylic acids is 1. The van der Waals surface area contributed by atoms with E-state index in [0.717, 1.165) is 16.7 Å². The molecule has 1 aliphatic rings. The van der Waals surface area contributed by atoms with Crippen LogP contribution in [0.2, 0.25) is 0 Å². The van der Waals surface area contributed by atoms with Crippen molar-refractivity contribution < 1.29 is 47.4 Å². The van der Waals surface area contributed by atoms with E-state index in [9.17, 15) is 37.5 Å². The molecule has 3 rings (SSSR count). The first-order valence-corrected chi connectivity index (χ1v) is 14.5. The maximum absolute atomic E-state index is 13.4. The zero-order valence-electron chi connectivity index (χ0n) is 25.9. The number of benzene rings is 2. The van der Waals surface area contributed by atoms with Crippen molar-refractivity contribution in [2.24, 2.45) is 11.7 Å². The van der Waals surface area contributed by atoms with Gasteiger partial charge in [0.05, 0.1) is 6.04 Å². The number of rotatable bonds is 11. The van der Waals surface area contributed by atoms with Crippen LogP contribution in [-0.4, -0.2) is 88.6 Å². The van der Waals surface area contributed by atoms with Crippen molar-refractivity contribution in [2.45, 2.75) is 70.4 Å². The first-order valence-electron chi connectivity index (χ1n) is 14.5. The number of nitrogens with zero attached hydrogens (tertiary/aromatic N) is 1. The minimum absolute atomic E-state index is 0.183. The van der Waals surface area contributed by atoms with Gasteiger partial charge in [0.2, 0.25) is 23.6 Å². The number of aliphatic carboxylic acids is 1. The summed E-state index contributed by atoms with van der Waals surface area (Å²) >= 11 is 0. The van der Waals surface area contributed by atoms with Crippen LogP contribution in [0, 0.1) is 5.92 Å². The Morgan fingerprint density at radius 3 is 1.93 bits per heavy atom. The molecule has 1 heterocycles. The highest BCUT2D eigenvalue weighted by Crippen LogP contribution is 2.24. The predicted octanol–water partition coefficient (Wildman–Crippen LogP) is 1.94. The maximum atomic E-state index is 13.4. The molecule has 4 amide bonds. The van der Waals surface area contributed by atoms with Crippen LogP contribution in [0.1, 0.15) is 39.2 Å². The number of hydrogen-bond acceptors (Lipinski definition) is 7. The Morgan fingerprint density at radius 2 is 1.48 bits per heavy atom. The molecule has 252 valence electrons. The number of aromatic hydroxyl groups is 1. The summed E-state index contributed by atoms with van der Waals surface area (Å²) in [6.45, 7) is 5.77. The van der Waals surface area contributed by atoms with Crippen molar-refractivity contribution in [3.05, 3.63) is 54.1 Å². The summed E-state index contributed by atoms with van der Waals surface area (Å²) in [7, 11) is 1.66. The third kappa shape index (κ3) is 10.8. The van der Waals surface area contributed by atoms with E-state index in [4.69, 9.17) is 15.6 Å². The summed E-state index contributed by atoms with van der Waals surface area (Å²) in [6, 6.07) is 11.4. The van der Waals surface area contributed by atoms with Crippen LogP contribution < -0.4 is 21.7 Å². The Bertz CT molecular complexity index is 1370. The fourth-order valence-electron chi connectivity index (χ4n) is 4.62. The van der Waals surface area contributed by atoms with Crippen molar-refractivity contribution in [1.29, 1.82) is 0 Å². The third-order valence-electron chi connectivity index (χ3n) is 7.39. The molecule has 0 radical (unpaired) electrons. The molecule has 1 aliphatic heterocycles. The smallest absolute Gasteiger partial charge is 0.490 e. The van der Waals surface area contributed by atoms with E-state index in [0.29, 0.717) is 19.4 Å². The fraction of sp³-hybridized carbons (Fsp3) is 0.452. The Balaban J connectivity index is 0.000000942. The second kappa shape index (κ2) is 16.6. The Kier molecular flexibility index (Phi) is 13.5. The topological polar surface area (TPSA) is 191 Å². The van der Waals surface area contributed by atoms with Crippen LogP contribution in [0.5, 0.6) is 5.75 Å². The SMILES string of the molecule is CN[C@@H](C)C(=O)N[C@H](C(=O)N1CCC[C@H]1C(=O)N[C@@H](Cc1ccc(-c2ccc(O)cc2)cc1)C(N)=O)C(C)C.O=C(O)C(F)(F)F. The number of primary amides is 1. The largest absolute Gasteiger partial charge is 0.508 e. The van der Waals surface area contributed by atoms with Gasteiger partial charge >= 0.3 is 12.1 Å². The van der Waals surface area contributed by atoms with Gasteiger partial charge in [0, 0.05) is 13.0 Å². The number of carbonyl (C=O) groups excluding carboxylic acids is 4. The summed E-state index contributed by atoms with van der Waals surface area (Å²) in [6.07, 6.45) is -3.80. The zero-order valence-corrected chi connectivity index (χ0v) is 25.9. The van der Waals surface area contributed by atoms with Crippen molar-refractivity contribution in [3.63, 3.8) is 0 Å². The number of nitrogens with one attached hydrogen (secondary N) is 3. The third-order valence-corrected chi connectivity index (χ3v) is 7.39. The zero-order chi connectivity index (χ0) is 34.8. The van der Waals surface area contributed by atoms with Gasteiger partial charge in [-0.05, 0) is 61.6 Å². The van der Waals surface area contributed by atoms with Crippen LogP contribution in [0.3, 0.4) is 0 Å². The lowest BCUT2D eigenvalue weighted by Gasteiger charge is -2.31. The molecule has 15 heteroatoms. The van der Waals surface area contributed by atoms with E-state index in [1.165, 1.54) is 4.90 Å². The molecule has 46 heavy (non-hydrogen) atoms. The Labute approximate surface area is 264 Å². The number of hydrogen-bond donors (Lipinski definition) is 6. The molecule has 1 saturated heterocycles. The second-order valence-electron chi connectivity index (χ2n) is 11.1. The summed E-state index contributed by atoms with van der Waals surface area (Å²) in [5.41, 5.74) is 8.31. The van der Waals surface area contributed by atoms with E-state index >= 15 is 0 Å². The van der Waals surface area contributed by atoms with Crippen molar-refractivity contribution in [1.82, 2.24) is 20.9 Å². The number of carbonyl (C=O) groups is 5. The minimum Gasteiger partial charge on any atom is -0.508 e. The number of alkyl halides is 3. The number of nitrogens with two attached hydrogens (primary N) is 1. The summed E-state index contributed by atoms with van der Waals surface area (Å²) in [4.78, 5) is 61.8. The van der Waals surface area contributed by atoms with Gasteiger partial charge in [0.1, 0.15) is 23.9 Å². The number of likely N-dealkylation sites (tertiary alicyclic amines) is 1. The molecular formula is C31H40F3N5O7. The molecule has 2 aromatic rings. The van der Waals surface area contributed by atoms with Gasteiger partial charge in [-0.1, -0.05) is 50.2 Å². The molecule has 0 aromatic heterocycles. The normalized spacial score (nSPS) is 16.4. The quantitative estimate of drug-likeness (QED) is 0.212. The Morgan fingerprint density at radius 1 is 0.957 bits per heavy atom. The Hall–Kier alpha value is -4.66. The number of likely N-dealkylation sites (N-methyl/N-ethyl adjacent to an activating group) is 1. The summed E-state index contributed by atoms with van der Waals surface area (Å²) in [5.74, 6) is -4.48. The molecule has 0 spiro atoms. The van der Waals surface area contributed by atoms with E-state index in [1.54, 1.807) is 26.1 Å². The molecule has 0 saturated carbocycles. The number of halogens is 3. The van der Waals surface area contributed by atoms with E-state index in [2.05, 4.69) is 16.0 Å². The van der Waals surface area contributed by atoms with E-state index in [-0.39, 0.29) is 29.9 Å². The lowest BCUT2D eigenvalue weighted by Crippen LogP contribution is -2.58. The van der Waals surface area contributed by atoms with Gasteiger partial charge in [-0.25, -0.2) is 4.79 Å². The first kappa shape index (κ1) is 37.5. The summed E-state index contributed by atoms with van der Waals surface area (Å²) < 4.78 is 31.7. The lowest BCUT2D eigenvalue weighted by atomic mass is 9.99. The standard InChI is InChI=1S/C29H39N5O5.C2HF3O2/c1-17(2)25(33-27(37)18(3)31-4)29(39)34-15-5-6-24(34)28(38)32-23(26(30)36)16-19-7-9-20(10-8-19)21-11-13-22(35)14-12-21;3-2(4,5)1(6)7/h7-14,17-18,23-25,31,35H,5-6,15-16H2,1-4H3,(H2,30,36)(H,32,38)(H,33,37);(H,6,7)/t18-,23-,24-,25-;/m0./s1. The van der Waals surface area contributed by atoms with Crippen LogP contribution in [0.4, 0.5) is 13.2 Å². The first-order chi connectivity index (χ1) is 21.5. The molecule has 0 bridgehead atoms. The molecule has 0 aliphatic carbocycles. The van der Waals surface area contributed by atoms with Gasteiger partial charge in [-0.3, -0.25) is 19.2 Å². The lowest BCUT2D eigenvalue weighted by molar-refractivity contribution is -0.192. The molecule has 2 aromatic carbocycles. The predicted molar refractivity (Wildman–Crippen MR) is 162 cm³/mol. The van der Waals surface area contributed by atoms with E-state index < -0.39 is 48.1 Å². The van der Waals surface area contributed by atoms with Crippen LogP contribution in [0.25, 0.3) is 11.1 Å². The maximum Gasteiger partial charge on any atom is 0.490 e. The average Bonchev–Trinajstić information content (AvgIpc) is 3.49. The van der Waals surface area contributed by atoms with Gasteiger partial charge in [0.25, 0.3) is 0 Å². The highest BCUT2D eigenvalue weighted by molar-refractivity contribution is 5.95. The fourth-order valence-corrected chi connectivity index (χ4v) is 4.62. The highest BCUT2D eigenvalue weighted by atomic mass is 19.4. The molecule has 1 fully saturated rings. The number of phenolic OH excluding ortho intramolecular Hbond substituents is 1. The minimum atomic E-state index is -5.08. The monoisotopic (exact) mass is 651 g/mol. The van der Waals surface area contributed by atoms with Crippen molar-refractivity contribution in [3.8, 4) is 16.9 Å². The molecule has 12 nitrogen and oxygen atoms in total. The van der Waals surface area contributed by atoms with Crippen LogP contribution in [0.15, 0.2) is 48.5 Å². The average molecular weight is 652 g/mol. The van der Waals surface area contributed by atoms with Gasteiger partial charge in [0.15, 0.2) is 0 Å². The van der Waals surface area contributed by atoms with E-state index in [1.807, 2.05) is 50.2 Å². The molecule has 4 atom stereocenters. The van der Waals surface area contributed by atoms with Gasteiger partial charge in [-0.2, -0.15) is 13.2 Å². The highest BCUT2D eigenvalue weighted by Gasteiger charge is 2.40. The summed E-state index contributed by atoms with van der Waals surface area (Å²) in [5, 5.41) is 25.0. The molecule has 7 N–H and O–H groups in total. The molecule has 0 unspecified atom stereocenters. The van der Waals surface area contributed by atoms with Crippen LogP contribution >= 0.6 is 0 Å². The van der Waals surface area contributed by atoms with Gasteiger partial charge < -0.3 is 36.8 Å². The van der Waals surface area contributed by atoms with Gasteiger partial charge in [-0.15, -0.1) is 0 Å². The number of amides is 4.